The Hall–Kier alpha value is -2.27. The van der Waals surface area contributed by atoms with Gasteiger partial charge in [-0.25, -0.2) is 8.78 Å². The number of rotatable bonds is 5. The molecule has 1 amide bonds. The van der Waals surface area contributed by atoms with E-state index in [-0.39, 0.29) is 17.9 Å². The van der Waals surface area contributed by atoms with Gasteiger partial charge >= 0.3 is 0 Å². The average molecular weight is 290 g/mol. The Balaban J connectivity index is 2.02. The maximum absolute atomic E-state index is 13.5. The van der Waals surface area contributed by atoms with Gasteiger partial charge in [-0.05, 0) is 36.4 Å². The van der Waals surface area contributed by atoms with Crippen molar-refractivity contribution >= 4 is 11.6 Å². The highest BCUT2D eigenvalue weighted by molar-refractivity contribution is 5.92. The van der Waals surface area contributed by atoms with Crippen LogP contribution in [-0.2, 0) is 17.8 Å². The number of hydrogen-bond donors (Lipinski definition) is 2. The zero-order valence-corrected chi connectivity index (χ0v) is 11.6. The Morgan fingerprint density at radius 2 is 1.95 bits per heavy atom. The summed E-state index contributed by atoms with van der Waals surface area (Å²) in [5, 5.41) is 5.72. The molecule has 0 aliphatic heterocycles. The molecule has 0 saturated carbocycles. The number of anilines is 1. The van der Waals surface area contributed by atoms with E-state index in [1.54, 1.807) is 6.07 Å². The first-order valence-electron chi connectivity index (χ1n) is 6.56. The van der Waals surface area contributed by atoms with Crippen molar-refractivity contribution in [3.8, 4) is 0 Å². The second-order valence-electron chi connectivity index (χ2n) is 4.69. The fourth-order valence-corrected chi connectivity index (χ4v) is 2.01. The van der Waals surface area contributed by atoms with Crippen molar-refractivity contribution in [1.82, 2.24) is 5.32 Å². The number of halogens is 2. The van der Waals surface area contributed by atoms with Gasteiger partial charge in [-0.3, -0.25) is 4.79 Å². The Kier molecular flexibility index (Phi) is 5.00. The highest BCUT2D eigenvalue weighted by Crippen LogP contribution is 2.13. The van der Waals surface area contributed by atoms with Gasteiger partial charge in [0.25, 0.3) is 0 Å². The van der Waals surface area contributed by atoms with Crippen LogP contribution in [0.1, 0.15) is 11.1 Å². The lowest BCUT2D eigenvalue weighted by atomic mass is 10.1. The zero-order valence-electron chi connectivity index (χ0n) is 11.6. The monoisotopic (exact) mass is 290 g/mol. The summed E-state index contributed by atoms with van der Waals surface area (Å²) in [4.78, 5) is 11.9. The van der Waals surface area contributed by atoms with E-state index in [1.807, 2.05) is 25.2 Å². The van der Waals surface area contributed by atoms with Gasteiger partial charge in [-0.1, -0.05) is 18.2 Å². The summed E-state index contributed by atoms with van der Waals surface area (Å²) in [5.41, 5.74) is 1.85. The molecular weight excluding hydrogens is 274 g/mol. The van der Waals surface area contributed by atoms with Crippen molar-refractivity contribution in [3.05, 3.63) is 65.2 Å². The lowest BCUT2D eigenvalue weighted by Crippen LogP contribution is -2.15. The van der Waals surface area contributed by atoms with E-state index in [9.17, 15) is 13.6 Å². The van der Waals surface area contributed by atoms with E-state index < -0.39 is 11.6 Å². The third-order valence-electron chi connectivity index (χ3n) is 2.96. The number of amides is 1. The van der Waals surface area contributed by atoms with E-state index in [2.05, 4.69) is 10.6 Å². The molecule has 0 atom stereocenters. The van der Waals surface area contributed by atoms with Crippen LogP contribution in [0.5, 0.6) is 0 Å². The van der Waals surface area contributed by atoms with Crippen molar-refractivity contribution in [2.75, 3.05) is 12.4 Å². The summed E-state index contributed by atoms with van der Waals surface area (Å²) in [6.45, 7) is 0.691. The van der Waals surface area contributed by atoms with Crippen molar-refractivity contribution in [3.63, 3.8) is 0 Å². The van der Waals surface area contributed by atoms with Crippen LogP contribution in [0.2, 0.25) is 0 Å². The van der Waals surface area contributed by atoms with E-state index in [0.29, 0.717) is 12.2 Å². The molecule has 0 saturated heterocycles. The summed E-state index contributed by atoms with van der Waals surface area (Å²) in [6, 6.07) is 10.6. The van der Waals surface area contributed by atoms with Crippen molar-refractivity contribution in [2.24, 2.45) is 0 Å². The first-order chi connectivity index (χ1) is 10.1. The first kappa shape index (κ1) is 15.1. The van der Waals surface area contributed by atoms with E-state index in [1.165, 1.54) is 6.07 Å². The van der Waals surface area contributed by atoms with Gasteiger partial charge in [0, 0.05) is 18.3 Å². The van der Waals surface area contributed by atoms with Crippen LogP contribution in [-0.4, -0.2) is 13.0 Å². The molecule has 0 aliphatic carbocycles. The van der Waals surface area contributed by atoms with Crippen LogP contribution in [0.15, 0.2) is 42.5 Å². The summed E-state index contributed by atoms with van der Waals surface area (Å²) in [6.07, 6.45) is -0.137. The molecule has 0 heterocycles. The highest BCUT2D eigenvalue weighted by atomic mass is 19.1. The Morgan fingerprint density at radius 1 is 1.14 bits per heavy atom. The second-order valence-corrected chi connectivity index (χ2v) is 4.69. The molecule has 2 N–H and O–H groups in total. The van der Waals surface area contributed by atoms with Crippen LogP contribution in [0.4, 0.5) is 14.5 Å². The predicted octanol–water partition coefficient (Wildman–Crippen LogP) is 2.87. The minimum Gasteiger partial charge on any atom is -0.326 e. The van der Waals surface area contributed by atoms with Crippen molar-refractivity contribution < 1.29 is 13.6 Å². The number of benzene rings is 2. The highest BCUT2D eigenvalue weighted by Gasteiger charge is 2.09. The van der Waals surface area contributed by atoms with Gasteiger partial charge in [-0.2, -0.15) is 0 Å². The molecule has 21 heavy (non-hydrogen) atoms. The normalized spacial score (nSPS) is 10.4. The number of hydrogen-bond acceptors (Lipinski definition) is 2. The fraction of sp³-hybridized carbons (Fsp3) is 0.188. The van der Waals surface area contributed by atoms with Gasteiger partial charge in [0.1, 0.15) is 11.6 Å². The van der Waals surface area contributed by atoms with Crippen LogP contribution in [0.3, 0.4) is 0 Å². The standard InChI is InChI=1S/C16H16F2N2O/c1-19-10-11-3-2-4-14(7-11)20-16(21)8-12-5-6-13(17)9-15(12)18/h2-7,9,19H,8,10H2,1H3,(H,20,21). The number of carbonyl (C=O) groups is 1. The first-order valence-corrected chi connectivity index (χ1v) is 6.56. The SMILES string of the molecule is CNCc1cccc(NC(=O)Cc2ccc(F)cc2F)c1. The Labute approximate surface area is 122 Å². The average Bonchev–Trinajstić information content (AvgIpc) is 2.43. The fourth-order valence-electron chi connectivity index (χ4n) is 2.01. The second kappa shape index (κ2) is 6.95. The number of carbonyl (C=O) groups excluding carboxylic acids is 1. The maximum atomic E-state index is 13.5. The van der Waals surface area contributed by atoms with Gasteiger partial charge < -0.3 is 10.6 Å². The summed E-state index contributed by atoms with van der Waals surface area (Å²) in [7, 11) is 1.84. The van der Waals surface area contributed by atoms with Gasteiger partial charge in [0.2, 0.25) is 5.91 Å². The smallest absolute Gasteiger partial charge is 0.228 e. The van der Waals surface area contributed by atoms with Crippen LogP contribution in [0, 0.1) is 11.6 Å². The Morgan fingerprint density at radius 3 is 2.67 bits per heavy atom. The predicted molar refractivity (Wildman–Crippen MR) is 77.9 cm³/mol. The molecule has 0 bridgehead atoms. The maximum Gasteiger partial charge on any atom is 0.228 e. The lowest BCUT2D eigenvalue weighted by Gasteiger charge is -2.08. The molecular formula is C16H16F2N2O. The van der Waals surface area contributed by atoms with Crippen LogP contribution in [0.25, 0.3) is 0 Å². The molecule has 0 aromatic heterocycles. The lowest BCUT2D eigenvalue weighted by molar-refractivity contribution is -0.115. The molecule has 2 aromatic rings. The molecule has 5 heteroatoms. The molecule has 0 spiro atoms. The summed E-state index contributed by atoms with van der Waals surface area (Å²) in [5.74, 6) is -1.72. The van der Waals surface area contributed by atoms with Crippen LogP contribution >= 0.6 is 0 Å². The third-order valence-corrected chi connectivity index (χ3v) is 2.96. The third kappa shape index (κ3) is 4.36. The molecule has 3 nitrogen and oxygen atoms in total. The van der Waals surface area contributed by atoms with E-state index >= 15 is 0 Å². The molecule has 0 aliphatic rings. The zero-order chi connectivity index (χ0) is 15.2. The van der Waals surface area contributed by atoms with Gasteiger partial charge in [0.15, 0.2) is 0 Å². The minimum atomic E-state index is -0.714. The summed E-state index contributed by atoms with van der Waals surface area (Å²) >= 11 is 0. The van der Waals surface area contributed by atoms with Crippen LogP contribution < -0.4 is 10.6 Å². The topological polar surface area (TPSA) is 41.1 Å². The van der Waals surface area contributed by atoms with Gasteiger partial charge in [0.05, 0.1) is 6.42 Å². The molecule has 2 aromatic carbocycles. The minimum absolute atomic E-state index is 0.137. The molecule has 110 valence electrons. The van der Waals surface area contributed by atoms with Crippen molar-refractivity contribution in [1.29, 1.82) is 0 Å². The largest absolute Gasteiger partial charge is 0.326 e. The van der Waals surface area contributed by atoms with Gasteiger partial charge in [-0.15, -0.1) is 0 Å². The molecule has 0 radical (unpaired) electrons. The quantitative estimate of drug-likeness (QED) is 0.889. The number of nitrogens with one attached hydrogen (secondary N) is 2. The molecule has 0 unspecified atom stereocenters. The van der Waals surface area contributed by atoms with E-state index in [0.717, 1.165) is 17.7 Å². The molecule has 0 fully saturated rings. The van der Waals surface area contributed by atoms with E-state index in [4.69, 9.17) is 0 Å². The summed E-state index contributed by atoms with van der Waals surface area (Å²) < 4.78 is 26.3. The molecule has 2 rings (SSSR count). The Bertz CT molecular complexity index is 644. The van der Waals surface area contributed by atoms with Crippen molar-refractivity contribution in [2.45, 2.75) is 13.0 Å².